The van der Waals surface area contributed by atoms with Gasteiger partial charge >= 0.3 is 0 Å². The van der Waals surface area contributed by atoms with E-state index < -0.39 is 10.0 Å². The Labute approximate surface area is 123 Å². The van der Waals surface area contributed by atoms with Crippen molar-refractivity contribution in [2.45, 2.75) is 45.2 Å². The molecule has 0 aliphatic carbocycles. The second-order valence-corrected chi connectivity index (χ2v) is 8.71. The molecule has 1 aromatic rings. The highest BCUT2D eigenvalue weighted by Gasteiger charge is 2.24. The summed E-state index contributed by atoms with van der Waals surface area (Å²) in [7, 11) is -3.79. The van der Waals surface area contributed by atoms with Gasteiger partial charge in [-0.15, -0.1) is 0 Å². The predicted octanol–water partition coefficient (Wildman–Crippen LogP) is 2.11. The number of hydrogen-bond acceptors (Lipinski definition) is 5. The monoisotopic (exact) mass is 319 g/mol. The minimum Gasteiger partial charge on any atom is -0.302 e. The van der Waals surface area contributed by atoms with Crippen molar-refractivity contribution in [1.29, 1.82) is 0 Å². The molecule has 1 amide bonds. The van der Waals surface area contributed by atoms with E-state index >= 15 is 0 Å². The molecule has 1 heterocycles. The molecule has 0 aliphatic rings. The van der Waals surface area contributed by atoms with Gasteiger partial charge in [-0.05, 0) is 18.3 Å². The minimum absolute atomic E-state index is 0.0170. The first-order valence-corrected chi connectivity index (χ1v) is 8.57. The Bertz CT molecular complexity index is 600. The fourth-order valence-electron chi connectivity index (χ4n) is 1.45. The average Bonchev–Trinajstić information content (AvgIpc) is 2.56. The summed E-state index contributed by atoms with van der Waals surface area (Å²) in [6, 6.07) is 0. The van der Waals surface area contributed by atoms with Gasteiger partial charge in [-0.25, -0.2) is 18.5 Å². The summed E-state index contributed by atoms with van der Waals surface area (Å²) in [6.07, 6.45) is 0.354. The Morgan fingerprint density at radius 3 is 2.40 bits per heavy atom. The van der Waals surface area contributed by atoms with Crippen LogP contribution in [0.15, 0.2) is 4.21 Å². The lowest BCUT2D eigenvalue weighted by Gasteiger charge is -2.26. The molecule has 0 radical (unpaired) electrons. The average molecular weight is 319 g/mol. The van der Waals surface area contributed by atoms with Gasteiger partial charge in [0.2, 0.25) is 15.9 Å². The van der Waals surface area contributed by atoms with Crippen molar-refractivity contribution in [3.63, 3.8) is 0 Å². The lowest BCUT2D eigenvalue weighted by Crippen LogP contribution is -2.23. The van der Waals surface area contributed by atoms with Gasteiger partial charge in [0, 0.05) is 6.42 Å². The lowest BCUT2D eigenvalue weighted by atomic mass is 9.80. The van der Waals surface area contributed by atoms with Crippen LogP contribution in [0.4, 0.5) is 5.13 Å². The van der Waals surface area contributed by atoms with Crippen LogP contribution in [-0.2, 0) is 14.8 Å². The number of sulfonamides is 1. The zero-order valence-electron chi connectivity index (χ0n) is 12.4. The van der Waals surface area contributed by atoms with Crippen LogP contribution < -0.4 is 10.5 Å². The molecule has 0 aromatic carbocycles. The molecule has 1 unspecified atom stereocenters. The van der Waals surface area contributed by atoms with E-state index in [4.69, 9.17) is 5.14 Å². The molecule has 20 heavy (non-hydrogen) atoms. The number of nitrogens with two attached hydrogens (primary N) is 1. The fourth-order valence-corrected chi connectivity index (χ4v) is 3.33. The Morgan fingerprint density at radius 1 is 1.45 bits per heavy atom. The molecule has 0 saturated carbocycles. The summed E-state index contributed by atoms with van der Waals surface area (Å²) in [5, 5.41) is 7.96. The molecular weight excluding hydrogens is 298 g/mol. The predicted molar refractivity (Wildman–Crippen MR) is 80.1 cm³/mol. The van der Waals surface area contributed by atoms with Crippen molar-refractivity contribution in [2.24, 2.45) is 16.5 Å². The molecule has 1 aromatic heterocycles. The maximum atomic E-state index is 11.9. The van der Waals surface area contributed by atoms with Gasteiger partial charge in [-0.3, -0.25) is 4.79 Å². The van der Waals surface area contributed by atoms with Crippen LogP contribution in [0.25, 0.3) is 0 Å². The van der Waals surface area contributed by atoms with Crippen molar-refractivity contribution in [1.82, 2.24) is 4.98 Å². The van der Waals surface area contributed by atoms with Crippen molar-refractivity contribution in [3.05, 3.63) is 5.69 Å². The molecule has 8 heteroatoms. The number of rotatable bonds is 4. The molecule has 6 nitrogen and oxygen atoms in total. The molecule has 0 spiro atoms. The van der Waals surface area contributed by atoms with Gasteiger partial charge < -0.3 is 5.32 Å². The van der Waals surface area contributed by atoms with Crippen LogP contribution in [-0.4, -0.2) is 19.3 Å². The van der Waals surface area contributed by atoms with E-state index in [0.29, 0.717) is 12.1 Å². The van der Waals surface area contributed by atoms with Gasteiger partial charge in [0.15, 0.2) is 9.34 Å². The molecule has 114 valence electrons. The molecule has 0 fully saturated rings. The SMILES string of the molecule is Cc1nc(NC(=O)CC(C)C(C)(C)C)sc1S(N)(=O)=O. The Morgan fingerprint density at radius 2 is 2.00 bits per heavy atom. The quantitative estimate of drug-likeness (QED) is 0.887. The van der Waals surface area contributed by atoms with Crippen LogP contribution >= 0.6 is 11.3 Å². The molecular formula is C12H21N3O3S2. The fraction of sp³-hybridized carbons (Fsp3) is 0.667. The third-order valence-electron chi connectivity index (χ3n) is 3.23. The number of anilines is 1. The topological polar surface area (TPSA) is 102 Å². The van der Waals surface area contributed by atoms with E-state index in [2.05, 4.69) is 31.1 Å². The van der Waals surface area contributed by atoms with Gasteiger partial charge in [-0.1, -0.05) is 39.0 Å². The second-order valence-electron chi connectivity index (χ2n) is 5.96. The molecule has 0 saturated heterocycles. The van der Waals surface area contributed by atoms with Gasteiger partial charge in [0.05, 0.1) is 5.69 Å². The van der Waals surface area contributed by atoms with Crippen LogP contribution in [0.1, 0.15) is 39.8 Å². The number of thiazole rings is 1. The first-order chi connectivity index (χ1) is 8.91. The van der Waals surface area contributed by atoms with Crippen molar-refractivity contribution in [3.8, 4) is 0 Å². The standard InChI is InChI=1S/C12H21N3O3S2/c1-7(12(3,4)5)6-9(16)15-11-14-8(2)10(19-11)20(13,17)18/h7H,6H2,1-5H3,(H2,13,17,18)(H,14,15,16). The van der Waals surface area contributed by atoms with Crippen molar-refractivity contribution in [2.75, 3.05) is 5.32 Å². The molecule has 1 rings (SSSR count). The number of carbonyl (C=O) groups is 1. The van der Waals surface area contributed by atoms with Crippen LogP contribution in [0.2, 0.25) is 0 Å². The van der Waals surface area contributed by atoms with E-state index in [1.54, 1.807) is 6.92 Å². The Hall–Kier alpha value is -0.990. The zero-order chi connectivity index (χ0) is 15.7. The number of nitrogens with one attached hydrogen (secondary N) is 1. The highest BCUT2D eigenvalue weighted by atomic mass is 32.2. The van der Waals surface area contributed by atoms with Gasteiger partial charge in [0.25, 0.3) is 0 Å². The third kappa shape index (κ3) is 4.53. The molecule has 3 N–H and O–H groups in total. The number of nitrogens with zero attached hydrogens (tertiary/aromatic N) is 1. The second kappa shape index (κ2) is 5.79. The highest BCUT2D eigenvalue weighted by molar-refractivity contribution is 7.91. The number of aryl methyl sites for hydroxylation is 1. The summed E-state index contributed by atoms with van der Waals surface area (Å²) >= 11 is 0.873. The molecule has 0 bridgehead atoms. The smallest absolute Gasteiger partial charge is 0.249 e. The summed E-state index contributed by atoms with van der Waals surface area (Å²) < 4.78 is 22.6. The van der Waals surface area contributed by atoms with Gasteiger partial charge in [0.1, 0.15) is 0 Å². The molecule has 1 atom stereocenters. The van der Waals surface area contributed by atoms with E-state index in [0.717, 1.165) is 11.3 Å². The Kier molecular flexibility index (Phi) is 4.94. The van der Waals surface area contributed by atoms with Crippen molar-refractivity contribution >= 4 is 32.4 Å². The summed E-state index contributed by atoms with van der Waals surface area (Å²) in [5.41, 5.74) is 0.332. The van der Waals surface area contributed by atoms with Crippen LogP contribution in [0.3, 0.4) is 0 Å². The third-order valence-corrected chi connectivity index (χ3v) is 5.86. The number of primary sulfonamides is 1. The Balaban J connectivity index is 2.78. The number of hydrogen-bond donors (Lipinski definition) is 2. The lowest BCUT2D eigenvalue weighted by molar-refractivity contribution is -0.117. The van der Waals surface area contributed by atoms with E-state index in [-0.39, 0.29) is 26.6 Å². The van der Waals surface area contributed by atoms with E-state index in [1.807, 2.05) is 6.92 Å². The first kappa shape index (κ1) is 17.1. The number of carbonyl (C=O) groups excluding carboxylic acids is 1. The van der Waals surface area contributed by atoms with Gasteiger partial charge in [-0.2, -0.15) is 0 Å². The zero-order valence-corrected chi connectivity index (χ0v) is 14.0. The number of amides is 1. The summed E-state index contributed by atoms with van der Waals surface area (Å²) in [4.78, 5) is 15.9. The largest absolute Gasteiger partial charge is 0.302 e. The van der Waals surface area contributed by atoms with Crippen LogP contribution in [0.5, 0.6) is 0 Å². The highest BCUT2D eigenvalue weighted by Crippen LogP contribution is 2.29. The van der Waals surface area contributed by atoms with E-state index in [9.17, 15) is 13.2 Å². The normalized spacial score (nSPS) is 14.1. The van der Waals surface area contributed by atoms with E-state index in [1.165, 1.54) is 0 Å². The first-order valence-electron chi connectivity index (χ1n) is 6.21. The minimum atomic E-state index is -3.79. The van der Waals surface area contributed by atoms with Crippen LogP contribution in [0, 0.1) is 18.3 Å². The number of aromatic nitrogens is 1. The maximum Gasteiger partial charge on any atom is 0.249 e. The maximum absolute atomic E-state index is 11.9. The summed E-state index contributed by atoms with van der Waals surface area (Å²) in [6.45, 7) is 9.75. The van der Waals surface area contributed by atoms with Crippen molar-refractivity contribution < 1.29 is 13.2 Å². The molecule has 0 aliphatic heterocycles. The summed E-state index contributed by atoms with van der Waals surface area (Å²) in [5.74, 6) is 0.0171.